The molecule has 1 aromatic carbocycles. The fourth-order valence-corrected chi connectivity index (χ4v) is 6.01. The standard InChI is InChI=1S/C18H20BrNO4S2/c1-3-24-18(21)16-14-9-4-11(2)10-15(14)25-17(16)20-26(22,23)13-7-5-12(19)6-8-13/h5-8,11,20H,3-4,9-10H2,1-2H3/t11-/m1/s1. The van der Waals surface area contributed by atoms with Crippen LogP contribution in [0, 0.1) is 5.92 Å². The molecule has 8 heteroatoms. The number of benzene rings is 1. The van der Waals surface area contributed by atoms with Gasteiger partial charge in [-0.1, -0.05) is 22.9 Å². The van der Waals surface area contributed by atoms with E-state index < -0.39 is 16.0 Å². The zero-order valence-electron chi connectivity index (χ0n) is 14.5. The lowest BCUT2D eigenvalue weighted by molar-refractivity contribution is 0.0526. The number of sulfonamides is 1. The van der Waals surface area contributed by atoms with Crippen molar-refractivity contribution in [2.75, 3.05) is 11.3 Å². The minimum absolute atomic E-state index is 0.148. The Bertz CT molecular complexity index is 919. The van der Waals surface area contributed by atoms with E-state index in [1.807, 2.05) is 0 Å². The van der Waals surface area contributed by atoms with Crippen LogP contribution in [0.4, 0.5) is 5.00 Å². The Morgan fingerprint density at radius 1 is 1.35 bits per heavy atom. The maximum absolute atomic E-state index is 12.8. The fourth-order valence-electron chi connectivity index (χ4n) is 3.04. The molecule has 1 N–H and O–H groups in total. The summed E-state index contributed by atoms with van der Waals surface area (Å²) in [6.07, 6.45) is 2.60. The lowest BCUT2D eigenvalue weighted by atomic mass is 9.88. The van der Waals surface area contributed by atoms with Gasteiger partial charge < -0.3 is 4.74 Å². The summed E-state index contributed by atoms with van der Waals surface area (Å²) in [6, 6.07) is 6.38. The Labute approximate surface area is 165 Å². The molecule has 26 heavy (non-hydrogen) atoms. The summed E-state index contributed by atoms with van der Waals surface area (Å²) in [7, 11) is -3.78. The van der Waals surface area contributed by atoms with Crippen LogP contribution >= 0.6 is 27.3 Å². The highest BCUT2D eigenvalue weighted by Crippen LogP contribution is 2.40. The van der Waals surface area contributed by atoms with Crippen LogP contribution in [0.1, 0.15) is 41.1 Å². The fraction of sp³-hybridized carbons (Fsp3) is 0.389. The lowest BCUT2D eigenvalue weighted by Gasteiger charge is -2.18. The number of halogens is 1. The van der Waals surface area contributed by atoms with Gasteiger partial charge in [-0.05, 0) is 61.9 Å². The van der Waals surface area contributed by atoms with E-state index in [2.05, 4.69) is 27.6 Å². The van der Waals surface area contributed by atoms with E-state index in [-0.39, 0.29) is 11.5 Å². The van der Waals surface area contributed by atoms with Gasteiger partial charge in [0.25, 0.3) is 10.0 Å². The summed E-state index contributed by atoms with van der Waals surface area (Å²) in [5.41, 5.74) is 1.31. The number of carbonyl (C=O) groups excluding carboxylic acids is 1. The Balaban J connectivity index is 2.01. The average Bonchev–Trinajstić information content (AvgIpc) is 2.91. The van der Waals surface area contributed by atoms with Crippen molar-refractivity contribution in [2.45, 2.75) is 38.0 Å². The van der Waals surface area contributed by atoms with Crippen molar-refractivity contribution in [2.24, 2.45) is 5.92 Å². The molecule has 1 atom stereocenters. The molecule has 0 saturated carbocycles. The van der Waals surface area contributed by atoms with Gasteiger partial charge in [0.1, 0.15) is 5.00 Å². The molecule has 140 valence electrons. The predicted molar refractivity (Wildman–Crippen MR) is 106 cm³/mol. The summed E-state index contributed by atoms with van der Waals surface area (Å²) in [4.78, 5) is 13.7. The topological polar surface area (TPSA) is 72.5 Å². The van der Waals surface area contributed by atoms with E-state index in [0.29, 0.717) is 16.5 Å². The molecule has 3 rings (SSSR count). The molecule has 0 fully saturated rings. The van der Waals surface area contributed by atoms with Gasteiger partial charge in [0, 0.05) is 9.35 Å². The molecule has 0 aliphatic heterocycles. The molecule has 0 radical (unpaired) electrons. The van der Waals surface area contributed by atoms with Crippen molar-refractivity contribution in [3.63, 3.8) is 0 Å². The Hall–Kier alpha value is -1.38. The number of fused-ring (bicyclic) bond motifs is 1. The molecule has 5 nitrogen and oxygen atoms in total. The highest BCUT2D eigenvalue weighted by atomic mass is 79.9. The molecule has 1 aliphatic rings. The van der Waals surface area contributed by atoms with Crippen LogP contribution in [0.5, 0.6) is 0 Å². The molecular weight excluding hydrogens is 438 g/mol. The number of ether oxygens (including phenoxy) is 1. The van der Waals surface area contributed by atoms with Gasteiger partial charge in [-0.3, -0.25) is 4.72 Å². The SMILES string of the molecule is CCOC(=O)c1c(NS(=O)(=O)c2ccc(Br)cc2)sc2c1CC[C@@H](C)C2. The zero-order chi connectivity index (χ0) is 18.9. The summed E-state index contributed by atoms with van der Waals surface area (Å²) >= 11 is 4.64. The van der Waals surface area contributed by atoms with E-state index in [1.165, 1.54) is 23.5 Å². The van der Waals surface area contributed by atoms with Crippen LogP contribution in [0.3, 0.4) is 0 Å². The third-order valence-electron chi connectivity index (χ3n) is 4.34. The highest BCUT2D eigenvalue weighted by molar-refractivity contribution is 9.10. The van der Waals surface area contributed by atoms with E-state index in [0.717, 1.165) is 34.2 Å². The Kier molecular flexibility index (Phi) is 5.74. The second-order valence-electron chi connectivity index (χ2n) is 6.34. The number of thiophene rings is 1. The van der Waals surface area contributed by atoms with Crippen molar-refractivity contribution in [3.8, 4) is 0 Å². The average molecular weight is 458 g/mol. The number of nitrogens with one attached hydrogen (secondary N) is 1. The molecule has 1 heterocycles. The van der Waals surface area contributed by atoms with E-state index in [4.69, 9.17) is 4.74 Å². The number of anilines is 1. The smallest absolute Gasteiger partial charge is 0.341 e. The van der Waals surface area contributed by atoms with Crippen molar-refractivity contribution >= 4 is 48.3 Å². The molecule has 0 bridgehead atoms. The van der Waals surface area contributed by atoms with Gasteiger partial charge in [-0.15, -0.1) is 11.3 Å². The quantitative estimate of drug-likeness (QED) is 0.665. The van der Waals surface area contributed by atoms with Gasteiger partial charge in [0.15, 0.2) is 0 Å². The van der Waals surface area contributed by atoms with Gasteiger partial charge in [0.05, 0.1) is 17.1 Å². The van der Waals surface area contributed by atoms with Crippen LogP contribution in [-0.2, 0) is 27.6 Å². The van der Waals surface area contributed by atoms with Gasteiger partial charge >= 0.3 is 5.97 Å². The highest BCUT2D eigenvalue weighted by Gasteiger charge is 2.30. The van der Waals surface area contributed by atoms with Crippen LogP contribution < -0.4 is 4.72 Å². The maximum Gasteiger partial charge on any atom is 0.341 e. The maximum atomic E-state index is 12.8. The Morgan fingerprint density at radius 3 is 2.69 bits per heavy atom. The van der Waals surface area contributed by atoms with Crippen LogP contribution in [-0.4, -0.2) is 21.0 Å². The predicted octanol–water partition coefficient (Wildman–Crippen LogP) is 4.61. The normalized spacial score (nSPS) is 16.8. The molecule has 0 amide bonds. The van der Waals surface area contributed by atoms with Crippen LogP contribution in [0.15, 0.2) is 33.6 Å². The van der Waals surface area contributed by atoms with E-state index in [9.17, 15) is 13.2 Å². The molecule has 1 aliphatic carbocycles. The van der Waals surface area contributed by atoms with E-state index >= 15 is 0 Å². The number of carbonyl (C=O) groups is 1. The molecule has 2 aromatic rings. The van der Waals surface area contributed by atoms with Gasteiger partial charge in [-0.2, -0.15) is 0 Å². The minimum Gasteiger partial charge on any atom is -0.462 e. The monoisotopic (exact) mass is 457 g/mol. The number of rotatable bonds is 5. The van der Waals surface area contributed by atoms with Crippen molar-refractivity contribution in [3.05, 3.63) is 44.7 Å². The van der Waals surface area contributed by atoms with Crippen LogP contribution in [0.2, 0.25) is 0 Å². The second-order valence-corrected chi connectivity index (χ2v) is 10.0. The Morgan fingerprint density at radius 2 is 2.04 bits per heavy atom. The second kappa shape index (κ2) is 7.70. The number of hydrogen-bond donors (Lipinski definition) is 1. The third kappa shape index (κ3) is 3.97. The molecular formula is C18H20BrNO4S2. The van der Waals surface area contributed by atoms with Crippen molar-refractivity contribution < 1.29 is 17.9 Å². The summed E-state index contributed by atoms with van der Waals surface area (Å²) in [6.45, 7) is 4.15. The molecule has 1 aromatic heterocycles. The van der Waals surface area contributed by atoms with Gasteiger partial charge in [0.2, 0.25) is 0 Å². The lowest BCUT2D eigenvalue weighted by Crippen LogP contribution is -2.17. The molecule has 0 saturated heterocycles. The third-order valence-corrected chi connectivity index (χ3v) is 7.54. The largest absolute Gasteiger partial charge is 0.462 e. The number of esters is 1. The number of hydrogen-bond acceptors (Lipinski definition) is 5. The minimum atomic E-state index is -3.78. The van der Waals surface area contributed by atoms with Crippen LogP contribution in [0.25, 0.3) is 0 Å². The first-order chi connectivity index (χ1) is 12.3. The summed E-state index contributed by atoms with van der Waals surface area (Å²) < 4.78 is 34.1. The van der Waals surface area contributed by atoms with E-state index in [1.54, 1.807) is 19.1 Å². The molecule has 0 unspecified atom stereocenters. The molecule has 0 spiro atoms. The first-order valence-electron chi connectivity index (χ1n) is 8.42. The van der Waals surface area contributed by atoms with Crippen molar-refractivity contribution in [1.29, 1.82) is 0 Å². The summed E-state index contributed by atoms with van der Waals surface area (Å²) in [5, 5.41) is 0.352. The zero-order valence-corrected chi connectivity index (χ0v) is 17.8. The first-order valence-corrected chi connectivity index (χ1v) is 11.5. The summed E-state index contributed by atoms with van der Waals surface area (Å²) in [5.74, 6) is 0.0557. The first kappa shape index (κ1) is 19.4. The van der Waals surface area contributed by atoms with Gasteiger partial charge in [-0.25, -0.2) is 13.2 Å². The van der Waals surface area contributed by atoms with Crippen molar-refractivity contribution in [1.82, 2.24) is 0 Å².